The second-order valence-corrected chi connectivity index (χ2v) is 9.06. The molecule has 1 aliphatic rings. The molecular weight excluding hydrogens is 500 g/mol. The lowest BCUT2D eigenvalue weighted by atomic mass is 9.96. The van der Waals surface area contributed by atoms with E-state index in [1.165, 1.54) is 4.57 Å². The van der Waals surface area contributed by atoms with E-state index in [-0.39, 0.29) is 24.3 Å². The summed E-state index contributed by atoms with van der Waals surface area (Å²) in [4.78, 5) is 52.6. The number of primary amides is 1. The molecule has 4 rings (SSSR count). The number of carbonyl (C=O) groups excluding carboxylic acids is 2. The molecule has 1 aromatic heterocycles. The summed E-state index contributed by atoms with van der Waals surface area (Å²) in [6.07, 6.45) is 0.988. The van der Waals surface area contributed by atoms with Gasteiger partial charge in [0.05, 0.1) is 16.6 Å². The van der Waals surface area contributed by atoms with E-state index in [1.807, 2.05) is 0 Å². The molecule has 1 aliphatic heterocycles. The van der Waals surface area contributed by atoms with Gasteiger partial charge in [-0.05, 0) is 55.3 Å². The van der Waals surface area contributed by atoms with E-state index in [0.29, 0.717) is 52.0 Å². The summed E-state index contributed by atoms with van der Waals surface area (Å²) in [6.45, 7) is 0.551. The fourth-order valence-corrected chi connectivity index (χ4v) is 4.45. The number of hydrogen-bond acceptors (Lipinski definition) is 4. The first-order valence-corrected chi connectivity index (χ1v) is 11.2. The lowest BCUT2D eigenvalue weighted by Gasteiger charge is -2.31. The number of hydrogen-bond donors (Lipinski definition) is 1. The Morgan fingerprint density at radius 3 is 2.34 bits per heavy atom. The largest absolute Gasteiger partial charge is 0.369 e. The third-order valence-electron chi connectivity index (χ3n) is 5.73. The topological polar surface area (TPSA) is 107 Å². The smallest absolute Gasteiger partial charge is 0.336 e. The van der Waals surface area contributed by atoms with Crippen LogP contribution in [0.2, 0.25) is 5.02 Å². The van der Waals surface area contributed by atoms with Crippen LogP contribution in [0, 0.1) is 5.92 Å². The summed E-state index contributed by atoms with van der Waals surface area (Å²) in [6, 6.07) is 11.3. The zero-order valence-electron chi connectivity index (χ0n) is 17.0. The van der Waals surface area contributed by atoms with Gasteiger partial charge in [0.15, 0.2) is 0 Å². The van der Waals surface area contributed by atoms with Gasteiger partial charge in [-0.1, -0.05) is 27.5 Å². The van der Waals surface area contributed by atoms with Gasteiger partial charge in [-0.25, -0.2) is 9.36 Å². The molecule has 0 spiro atoms. The number of likely N-dealkylation sites (tertiary alicyclic amines) is 1. The predicted octanol–water partition coefficient (Wildman–Crippen LogP) is 2.29. The van der Waals surface area contributed by atoms with Crippen molar-refractivity contribution in [2.75, 3.05) is 13.1 Å². The molecule has 8 nitrogen and oxygen atoms in total. The van der Waals surface area contributed by atoms with Crippen molar-refractivity contribution in [3.63, 3.8) is 0 Å². The summed E-state index contributed by atoms with van der Waals surface area (Å²) in [7, 11) is 0. The maximum Gasteiger partial charge on any atom is 0.336 e. The lowest BCUT2D eigenvalue weighted by molar-refractivity contribution is -0.135. The lowest BCUT2D eigenvalue weighted by Crippen LogP contribution is -2.46. The van der Waals surface area contributed by atoms with E-state index >= 15 is 0 Å². The number of fused-ring (bicyclic) bond motifs is 1. The van der Waals surface area contributed by atoms with E-state index in [4.69, 9.17) is 17.3 Å². The third kappa shape index (κ3) is 4.22. The summed E-state index contributed by atoms with van der Waals surface area (Å²) >= 11 is 9.32. The Balaban J connectivity index is 1.78. The number of rotatable bonds is 4. The van der Waals surface area contributed by atoms with E-state index < -0.39 is 11.2 Å². The molecule has 10 heteroatoms. The molecule has 0 radical (unpaired) electrons. The zero-order valence-corrected chi connectivity index (χ0v) is 19.3. The summed E-state index contributed by atoms with van der Waals surface area (Å²) in [5.41, 5.74) is 4.99. The highest BCUT2D eigenvalue weighted by atomic mass is 79.9. The molecule has 2 amide bonds. The van der Waals surface area contributed by atoms with Crippen LogP contribution in [0.25, 0.3) is 16.6 Å². The second kappa shape index (κ2) is 8.91. The first kappa shape index (κ1) is 22.3. The molecule has 32 heavy (non-hydrogen) atoms. The molecule has 3 aromatic rings. The fraction of sp³-hybridized carbons (Fsp3) is 0.273. The Hall–Kier alpha value is -2.91. The number of benzene rings is 2. The molecular formula is C22H20BrClN4O4. The monoisotopic (exact) mass is 518 g/mol. The number of amides is 2. The molecule has 2 N–H and O–H groups in total. The van der Waals surface area contributed by atoms with Gasteiger partial charge in [-0.15, -0.1) is 0 Å². The Kier molecular flexibility index (Phi) is 6.21. The molecule has 166 valence electrons. The second-order valence-electron chi connectivity index (χ2n) is 7.70. The normalized spacial score (nSPS) is 14.6. The first-order chi connectivity index (χ1) is 15.3. The Bertz CT molecular complexity index is 1320. The minimum absolute atomic E-state index is 0.230. The van der Waals surface area contributed by atoms with Crippen molar-refractivity contribution in [2.24, 2.45) is 11.7 Å². The van der Waals surface area contributed by atoms with Crippen LogP contribution in [0.4, 0.5) is 0 Å². The Morgan fingerprint density at radius 2 is 1.72 bits per heavy atom. The van der Waals surface area contributed by atoms with E-state index in [0.717, 1.165) is 4.57 Å². The average Bonchev–Trinajstić information content (AvgIpc) is 2.78. The van der Waals surface area contributed by atoms with Crippen LogP contribution in [0.15, 0.2) is 56.5 Å². The minimum Gasteiger partial charge on any atom is -0.369 e. The van der Waals surface area contributed by atoms with E-state index in [9.17, 15) is 19.2 Å². The average molecular weight is 520 g/mol. The Morgan fingerprint density at radius 1 is 1.06 bits per heavy atom. The number of aromatic nitrogens is 2. The van der Waals surface area contributed by atoms with Crippen molar-refractivity contribution in [1.29, 1.82) is 0 Å². The molecule has 0 atom stereocenters. The van der Waals surface area contributed by atoms with Crippen molar-refractivity contribution in [1.82, 2.24) is 14.0 Å². The molecule has 2 aromatic carbocycles. The molecule has 0 aliphatic carbocycles. The van der Waals surface area contributed by atoms with Crippen LogP contribution in [-0.4, -0.2) is 38.9 Å². The summed E-state index contributed by atoms with van der Waals surface area (Å²) in [5, 5.41) is 0.773. The van der Waals surface area contributed by atoms with Crippen molar-refractivity contribution in [2.45, 2.75) is 19.4 Å². The highest BCUT2D eigenvalue weighted by Crippen LogP contribution is 2.20. The Labute approximate surface area is 196 Å². The first-order valence-electron chi connectivity index (χ1n) is 10.0. The van der Waals surface area contributed by atoms with Crippen LogP contribution in [-0.2, 0) is 16.1 Å². The van der Waals surface area contributed by atoms with Crippen molar-refractivity contribution in [3.05, 3.63) is 72.8 Å². The molecule has 1 fully saturated rings. The van der Waals surface area contributed by atoms with Gasteiger partial charge < -0.3 is 10.6 Å². The van der Waals surface area contributed by atoms with Crippen LogP contribution in [0.1, 0.15) is 12.8 Å². The summed E-state index contributed by atoms with van der Waals surface area (Å²) in [5.74, 6) is -0.868. The van der Waals surface area contributed by atoms with Gasteiger partial charge in [-0.2, -0.15) is 0 Å². The summed E-state index contributed by atoms with van der Waals surface area (Å²) < 4.78 is 3.02. The van der Waals surface area contributed by atoms with E-state index in [1.54, 1.807) is 47.4 Å². The highest BCUT2D eigenvalue weighted by Gasteiger charge is 2.27. The zero-order chi connectivity index (χ0) is 23.0. The predicted molar refractivity (Wildman–Crippen MR) is 125 cm³/mol. The van der Waals surface area contributed by atoms with Gasteiger partial charge in [0.25, 0.3) is 5.56 Å². The SMILES string of the molecule is NC(=O)C1CCN(C(=O)Cn2c(=O)n(-c3ccc(Cl)cc3)c(=O)c3cc(Br)ccc32)CC1. The van der Waals surface area contributed by atoms with Gasteiger partial charge in [0, 0.05) is 28.5 Å². The van der Waals surface area contributed by atoms with Crippen LogP contribution < -0.4 is 17.0 Å². The van der Waals surface area contributed by atoms with Gasteiger partial charge in [0.1, 0.15) is 6.54 Å². The fourth-order valence-electron chi connectivity index (χ4n) is 3.97. The highest BCUT2D eigenvalue weighted by molar-refractivity contribution is 9.10. The van der Waals surface area contributed by atoms with Crippen molar-refractivity contribution in [3.8, 4) is 5.69 Å². The molecule has 1 saturated heterocycles. The standard InChI is InChI=1S/C22H20BrClN4O4/c23-14-1-6-18-17(11-14)21(31)28(16-4-2-15(24)3-5-16)22(32)27(18)12-19(29)26-9-7-13(8-10-26)20(25)30/h1-6,11,13H,7-10,12H2,(H2,25,30). The van der Waals surface area contributed by atoms with Crippen molar-refractivity contribution < 1.29 is 9.59 Å². The van der Waals surface area contributed by atoms with Gasteiger partial charge >= 0.3 is 5.69 Å². The minimum atomic E-state index is -0.618. The molecule has 0 saturated carbocycles. The van der Waals surface area contributed by atoms with Crippen LogP contribution in [0.5, 0.6) is 0 Å². The quantitative estimate of drug-likeness (QED) is 0.571. The number of halogens is 2. The number of piperidine rings is 1. The molecule has 2 heterocycles. The van der Waals surface area contributed by atoms with Crippen LogP contribution >= 0.6 is 27.5 Å². The number of nitrogens with two attached hydrogens (primary N) is 1. The van der Waals surface area contributed by atoms with E-state index in [2.05, 4.69) is 15.9 Å². The number of carbonyl (C=O) groups is 2. The molecule has 0 bridgehead atoms. The van der Waals surface area contributed by atoms with Gasteiger partial charge in [0.2, 0.25) is 11.8 Å². The maximum absolute atomic E-state index is 13.4. The third-order valence-corrected chi connectivity index (χ3v) is 6.48. The van der Waals surface area contributed by atoms with Gasteiger partial charge in [-0.3, -0.25) is 19.0 Å². The molecule has 0 unspecified atom stereocenters. The maximum atomic E-state index is 13.4. The van der Waals surface area contributed by atoms with Crippen LogP contribution in [0.3, 0.4) is 0 Å². The van der Waals surface area contributed by atoms with Crippen molar-refractivity contribution >= 4 is 50.2 Å². The number of nitrogens with zero attached hydrogens (tertiary/aromatic N) is 3.